The van der Waals surface area contributed by atoms with E-state index in [0.29, 0.717) is 6.54 Å². The normalized spacial score (nSPS) is 11.9. The summed E-state index contributed by atoms with van der Waals surface area (Å²) in [5.41, 5.74) is 1.27. The van der Waals surface area contributed by atoms with E-state index in [4.69, 9.17) is 0 Å². The van der Waals surface area contributed by atoms with Crippen LogP contribution >= 0.6 is 11.3 Å². The second kappa shape index (κ2) is 5.44. The van der Waals surface area contributed by atoms with E-state index in [1.807, 2.05) is 25.6 Å². The topological polar surface area (TPSA) is 45.1 Å². The molecular formula is C10H18N2OS. The van der Waals surface area contributed by atoms with Crippen molar-refractivity contribution in [2.75, 3.05) is 6.54 Å². The molecule has 0 unspecified atom stereocenters. The number of aromatic nitrogens is 1. The van der Waals surface area contributed by atoms with Gasteiger partial charge in [-0.3, -0.25) is 4.98 Å². The molecule has 4 heteroatoms. The van der Waals surface area contributed by atoms with Gasteiger partial charge in [-0.05, 0) is 12.8 Å². The Hall–Kier alpha value is -0.450. The van der Waals surface area contributed by atoms with Gasteiger partial charge < -0.3 is 10.4 Å². The largest absolute Gasteiger partial charge is 0.389 e. The lowest BCUT2D eigenvalue weighted by Gasteiger charge is -2.25. The van der Waals surface area contributed by atoms with E-state index in [-0.39, 0.29) is 0 Å². The first-order valence-electron chi connectivity index (χ1n) is 5.00. The maximum atomic E-state index is 9.98. The van der Waals surface area contributed by atoms with Crippen LogP contribution in [0.1, 0.15) is 31.6 Å². The van der Waals surface area contributed by atoms with Crippen LogP contribution in [0, 0.1) is 0 Å². The van der Waals surface area contributed by atoms with E-state index in [1.54, 1.807) is 11.3 Å². The van der Waals surface area contributed by atoms with Gasteiger partial charge >= 0.3 is 0 Å². The number of rotatable bonds is 6. The smallest absolute Gasteiger partial charge is 0.0794 e. The van der Waals surface area contributed by atoms with Crippen LogP contribution in [0.5, 0.6) is 0 Å². The molecule has 1 rings (SSSR count). The lowest BCUT2D eigenvalue weighted by atomic mass is 9.98. The maximum Gasteiger partial charge on any atom is 0.0794 e. The van der Waals surface area contributed by atoms with E-state index < -0.39 is 5.60 Å². The van der Waals surface area contributed by atoms with Gasteiger partial charge in [-0.25, -0.2) is 0 Å². The summed E-state index contributed by atoms with van der Waals surface area (Å²) in [5.74, 6) is 0. The fourth-order valence-corrected chi connectivity index (χ4v) is 1.81. The summed E-state index contributed by atoms with van der Waals surface area (Å²) in [6.07, 6.45) is 3.44. The minimum Gasteiger partial charge on any atom is -0.389 e. The van der Waals surface area contributed by atoms with Crippen LogP contribution in [0.4, 0.5) is 0 Å². The third-order valence-corrected chi connectivity index (χ3v) is 3.33. The molecule has 0 aliphatic rings. The Balaban J connectivity index is 2.27. The fraction of sp³-hybridized carbons (Fsp3) is 0.700. The van der Waals surface area contributed by atoms with Crippen LogP contribution in [0.15, 0.2) is 11.7 Å². The van der Waals surface area contributed by atoms with E-state index >= 15 is 0 Å². The molecule has 1 aromatic heterocycles. The van der Waals surface area contributed by atoms with Gasteiger partial charge in [0.2, 0.25) is 0 Å². The first-order valence-corrected chi connectivity index (χ1v) is 5.88. The number of hydrogen-bond donors (Lipinski definition) is 2. The standard InChI is InChI=1S/C10H18N2OS/c1-3-10(13,4-2)7-11-5-9-6-12-8-14-9/h6,8,11,13H,3-5,7H2,1-2H3. The average molecular weight is 214 g/mol. The van der Waals surface area contributed by atoms with Crippen molar-refractivity contribution in [1.82, 2.24) is 10.3 Å². The van der Waals surface area contributed by atoms with Gasteiger partial charge in [0.25, 0.3) is 0 Å². The Bertz CT molecular complexity index is 245. The van der Waals surface area contributed by atoms with Crippen LogP contribution in [0.25, 0.3) is 0 Å². The number of nitrogens with zero attached hydrogens (tertiary/aromatic N) is 1. The summed E-state index contributed by atoms with van der Waals surface area (Å²) in [5, 5.41) is 13.2. The Labute approximate surface area is 89.2 Å². The molecule has 14 heavy (non-hydrogen) atoms. The highest BCUT2D eigenvalue weighted by Crippen LogP contribution is 2.13. The molecule has 80 valence electrons. The van der Waals surface area contributed by atoms with Crippen molar-refractivity contribution in [2.24, 2.45) is 0 Å². The molecule has 3 nitrogen and oxygen atoms in total. The highest BCUT2D eigenvalue weighted by molar-refractivity contribution is 7.09. The quantitative estimate of drug-likeness (QED) is 0.759. The van der Waals surface area contributed by atoms with Crippen LogP contribution in [-0.2, 0) is 6.54 Å². The zero-order valence-electron chi connectivity index (χ0n) is 8.79. The number of aliphatic hydroxyl groups is 1. The Morgan fingerprint density at radius 2 is 2.21 bits per heavy atom. The van der Waals surface area contributed by atoms with Crippen molar-refractivity contribution in [3.63, 3.8) is 0 Å². The second-order valence-electron chi connectivity index (χ2n) is 3.50. The van der Waals surface area contributed by atoms with Gasteiger partial charge in [0.1, 0.15) is 0 Å². The van der Waals surface area contributed by atoms with Gasteiger partial charge in [-0.2, -0.15) is 0 Å². The van der Waals surface area contributed by atoms with Crippen molar-refractivity contribution < 1.29 is 5.11 Å². The molecular weight excluding hydrogens is 196 g/mol. The molecule has 0 aliphatic carbocycles. The highest BCUT2D eigenvalue weighted by atomic mass is 32.1. The fourth-order valence-electron chi connectivity index (χ4n) is 1.25. The van der Waals surface area contributed by atoms with Crippen LogP contribution in [0.2, 0.25) is 0 Å². The van der Waals surface area contributed by atoms with Crippen LogP contribution < -0.4 is 5.32 Å². The zero-order valence-corrected chi connectivity index (χ0v) is 9.60. The lowest BCUT2D eigenvalue weighted by Crippen LogP contribution is -2.39. The molecule has 2 N–H and O–H groups in total. The minimum atomic E-state index is -0.551. The molecule has 0 atom stereocenters. The molecule has 0 saturated carbocycles. The SMILES string of the molecule is CCC(O)(CC)CNCc1cncs1. The van der Waals surface area contributed by atoms with Gasteiger partial charge in [0.05, 0.1) is 11.1 Å². The summed E-state index contributed by atoms with van der Waals surface area (Å²) >= 11 is 1.63. The molecule has 0 bridgehead atoms. The predicted octanol–water partition coefficient (Wildman–Crippen LogP) is 1.78. The van der Waals surface area contributed by atoms with Crippen molar-refractivity contribution in [3.8, 4) is 0 Å². The lowest BCUT2D eigenvalue weighted by molar-refractivity contribution is 0.0323. The molecule has 0 aliphatic heterocycles. The van der Waals surface area contributed by atoms with Crippen LogP contribution in [0.3, 0.4) is 0 Å². The molecule has 0 radical (unpaired) electrons. The number of thiazole rings is 1. The van der Waals surface area contributed by atoms with E-state index in [2.05, 4.69) is 10.3 Å². The Morgan fingerprint density at radius 1 is 1.50 bits per heavy atom. The average Bonchev–Trinajstić information content (AvgIpc) is 2.70. The molecule has 0 saturated heterocycles. The summed E-state index contributed by atoms with van der Waals surface area (Å²) in [6.45, 7) is 5.47. The molecule has 0 aromatic carbocycles. The Morgan fingerprint density at radius 3 is 2.71 bits per heavy atom. The van der Waals surface area contributed by atoms with Gasteiger partial charge in [-0.15, -0.1) is 11.3 Å². The van der Waals surface area contributed by atoms with Crippen molar-refractivity contribution >= 4 is 11.3 Å². The first-order chi connectivity index (χ1) is 6.70. The molecule has 1 aromatic rings. The Kier molecular flexibility index (Phi) is 4.51. The summed E-state index contributed by atoms with van der Waals surface area (Å²) in [4.78, 5) is 5.20. The minimum absolute atomic E-state index is 0.551. The maximum absolute atomic E-state index is 9.98. The van der Waals surface area contributed by atoms with Gasteiger partial charge in [0, 0.05) is 24.2 Å². The van der Waals surface area contributed by atoms with E-state index in [1.165, 1.54) is 4.88 Å². The third kappa shape index (κ3) is 3.36. The summed E-state index contributed by atoms with van der Waals surface area (Å²) in [6, 6.07) is 0. The monoisotopic (exact) mass is 214 g/mol. The molecule has 1 heterocycles. The zero-order chi connectivity index (χ0) is 10.4. The third-order valence-electron chi connectivity index (χ3n) is 2.55. The molecule has 0 amide bonds. The molecule has 0 fully saturated rings. The predicted molar refractivity (Wildman–Crippen MR) is 59.4 cm³/mol. The number of hydrogen-bond acceptors (Lipinski definition) is 4. The van der Waals surface area contributed by atoms with E-state index in [0.717, 1.165) is 19.4 Å². The van der Waals surface area contributed by atoms with Crippen molar-refractivity contribution in [2.45, 2.75) is 38.8 Å². The van der Waals surface area contributed by atoms with Crippen molar-refractivity contribution in [1.29, 1.82) is 0 Å². The number of nitrogens with one attached hydrogen (secondary N) is 1. The summed E-state index contributed by atoms with van der Waals surface area (Å²) in [7, 11) is 0. The van der Waals surface area contributed by atoms with Crippen molar-refractivity contribution in [3.05, 3.63) is 16.6 Å². The summed E-state index contributed by atoms with van der Waals surface area (Å²) < 4.78 is 0. The van der Waals surface area contributed by atoms with Crippen LogP contribution in [-0.4, -0.2) is 22.2 Å². The van der Waals surface area contributed by atoms with Gasteiger partial charge in [-0.1, -0.05) is 13.8 Å². The molecule has 0 spiro atoms. The first kappa shape index (κ1) is 11.6. The van der Waals surface area contributed by atoms with E-state index in [9.17, 15) is 5.11 Å². The second-order valence-corrected chi connectivity index (χ2v) is 4.47. The van der Waals surface area contributed by atoms with Gasteiger partial charge in [0.15, 0.2) is 0 Å². The highest BCUT2D eigenvalue weighted by Gasteiger charge is 2.20.